The van der Waals surface area contributed by atoms with E-state index in [0.29, 0.717) is 0 Å². The van der Waals surface area contributed by atoms with E-state index in [1.54, 1.807) is 6.33 Å². The Morgan fingerprint density at radius 3 is 2.47 bits per heavy atom. The molecule has 0 atom stereocenters. The molecule has 0 aromatic carbocycles. The smallest absolute Gasteiger partial charge is 0.135 e. The van der Waals surface area contributed by atoms with Gasteiger partial charge in [0.05, 0.1) is 0 Å². The van der Waals surface area contributed by atoms with Crippen LogP contribution < -0.4 is 10.6 Å². The van der Waals surface area contributed by atoms with Gasteiger partial charge >= 0.3 is 0 Å². The van der Waals surface area contributed by atoms with Crippen molar-refractivity contribution in [2.24, 2.45) is 0 Å². The van der Waals surface area contributed by atoms with E-state index >= 15 is 0 Å². The lowest BCUT2D eigenvalue weighted by atomic mass is 9.83. The highest BCUT2D eigenvalue weighted by Gasteiger charge is 2.28. The largest absolute Gasteiger partial charge is 0.373 e. The summed E-state index contributed by atoms with van der Waals surface area (Å²) in [5.74, 6) is 1.98. The van der Waals surface area contributed by atoms with Crippen molar-refractivity contribution in [3.63, 3.8) is 0 Å². The Balaban J connectivity index is 2.23. The molecular formula is C15H26N4. The third-order valence-electron chi connectivity index (χ3n) is 4.06. The van der Waals surface area contributed by atoms with Gasteiger partial charge in [-0.2, -0.15) is 0 Å². The highest BCUT2D eigenvalue weighted by Crippen LogP contribution is 2.32. The molecule has 0 unspecified atom stereocenters. The van der Waals surface area contributed by atoms with E-state index in [2.05, 4.69) is 34.4 Å². The van der Waals surface area contributed by atoms with Gasteiger partial charge in [0.2, 0.25) is 0 Å². The van der Waals surface area contributed by atoms with Crippen molar-refractivity contribution in [2.75, 3.05) is 17.7 Å². The Bertz CT molecular complexity index is 411. The van der Waals surface area contributed by atoms with Gasteiger partial charge in [-0.05, 0) is 26.2 Å². The Kier molecular flexibility index (Phi) is 4.61. The molecule has 0 bridgehead atoms. The van der Waals surface area contributed by atoms with Gasteiger partial charge in [0.1, 0.15) is 18.0 Å². The molecule has 0 saturated heterocycles. The average molecular weight is 262 g/mol. The molecule has 1 aliphatic rings. The quantitative estimate of drug-likeness (QED) is 0.851. The summed E-state index contributed by atoms with van der Waals surface area (Å²) in [5, 5.41) is 6.87. The fourth-order valence-electron chi connectivity index (χ4n) is 2.97. The average Bonchev–Trinajstić information content (AvgIpc) is 2.41. The van der Waals surface area contributed by atoms with Gasteiger partial charge in [0.25, 0.3) is 0 Å². The monoisotopic (exact) mass is 262 g/mol. The van der Waals surface area contributed by atoms with Crippen LogP contribution in [0.1, 0.15) is 57.9 Å². The van der Waals surface area contributed by atoms with Crippen molar-refractivity contribution in [2.45, 2.75) is 64.3 Å². The van der Waals surface area contributed by atoms with Gasteiger partial charge in [-0.3, -0.25) is 0 Å². The zero-order valence-electron chi connectivity index (χ0n) is 12.4. The maximum absolute atomic E-state index is 4.48. The molecule has 1 aliphatic carbocycles. The highest BCUT2D eigenvalue weighted by atomic mass is 15.1. The minimum absolute atomic E-state index is 0.195. The number of hydrogen-bond acceptors (Lipinski definition) is 4. The number of nitrogens with zero attached hydrogens (tertiary/aromatic N) is 2. The van der Waals surface area contributed by atoms with Gasteiger partial charge in [0.15, 0.2) is 0 Å². The summed E-state index contributed by atoms with van der Waals surface area (Å²) in [6, 6.07) is 0. The molecule has 2 N–H and O–H groups in total. The summed E-state index contributed by atoms with van der Waals surface area (Å²) in [5.41, 5.74) is 1.42. The molecule has 1 aromatic heterocycles. The lowest BCUT2D eigenvalue weighted by Crippen LogP contribution is -2.37. The third kappa shape index (κ3) is 3.37. The molecule has 106 valence electrons. The third-order valence-corrected chi connectivity index (χ3v) is 4.06. The van der Waals surface area contributed by atoms with E-state index in [9.17, 15) is 0 Å². The summed E-state index contributed by atoms with van der Waals surface area (Å²) >= 11 is 0. The molecule has 0 spiro atoms. The van der Waals surface area contributed by atoms with Crippen molar-refractivity contribution in [1.82, 2.24) is 9.97 Å². The van der Waals surface area contributed by atoms with E-state index in [1.807, 2.05) is 7.05 Å². The van der Waals surface area contributed by atoms with Gasteiger partial charge < -0.3 is 10.6 Å². The molecule has 2 rings (SSSR count). The fraction of sp³-hybridized carbons (Fsp3) is 0.733. The van der Waals surface area contributed by atoms with Crippen LogP contribution in [-0.4, -0.2) is 22.6 Å². The van der Waals surface area contributed by atoms with Crippen molar-refractivity contribution >= 4 is 11.6 Å². The molecule has 1 heterocycles. The minimum atomic E-state index is 0.195. The van der Waals surface area contributed by atoms with Crippen LogP contribution in [0.2, 0.25) is 0 Å². The fourth-order valence-corrected chi connectivity index (χ4v) is 2.97. The molecule has 4 nitrogen and oxygen atoms in total. The van der Waals surface area contributed by atoms with Crippen molar-refractivity contribution < 1.29 is 0 Å². The van der Waals surface area contributed by atoms with E-state index < -0.39 is 0 Å². The van der Waals surface area contributed by atoms with Crippen LogP contribution >= 0.6 is 0 Å². The van der Waals surface area contributed by atoms with Crippen LogP contribution in [0, 0.1) is 0 Å². The second kappa shape index (κ2) is 6.22. The topological polar surface area (TPSA) is 49.8 Å². The Hall–Kier alpha value is -1.32. The molecule has 1 aromatic rings. The van der Waals surface area contributed by atoms with Crippen LogP contribution in [0.15, 0.2) is 6.33 Å². The molecule has 1 saturated carbocycles. The predicted molar refractivity (Wildman–Crippen MR) is 80.7 cm³/mol. The minimum Gasteiger partial charge on any atom is -0.373 e. The van der Waals surface area contributed by atoms with Crippen LogP contribution in [0.5, 0.6) is 0 Å². The lowest BCUT2D eigenvalue weighted by Gasteiger charge is -2.35. The number of anilines is 2. The molecular weight excluding hydrogens is 236 g/mol. The maximum atomic E-state index is 4.48. The summed E-state index contributed by atoms with van der Waals surface area (Å²) < 4.78 is 0. The van der Waals surface area contributed by atoms with Crippen LogP contribution in [-0.2, 0) is 6.42 Å². The Morgan fingerprint density at radius 1 is 1.16 bits per heavy atom. The number of hydrogen-bond donors (Lipinski definition) is 2. The van der Waals surface area contributed by atoms with Gasteiger partial charge in [0, 0.05) is 18.2 Å². The highest BCUT2D eigenvalue weighted by molar-refractivity contribution is 5.58. The summed E-state index contributed by atoms with van der Waals surface area (Å²) in [6.45, 7) is 4.52. The van der Waals surface area contributed by atoms with E-state index in [4.69, 9.17) is 0 Å². The Morgan fingerprint density at radius 2 is 1.84 bits per heavy atom. The second-order valence-electron chi connectivity index (χ2n) is 5.80. The first kappa shape index (κ1) is 14.1. The van der Waals surface area contributed by atoms with Crippen molar-refractivity contribution in [3.05, 3.63) is 11.9 Å². The van der Waals surface area contributed by atoms with Crippen molar-refractivity contribution in [1.29, 1.82) is 0 Å². The number of aromatic nitrogens is 2. The SMILES string of the molecule is CCCc1c(NC)ncnc1NC1(C)CCCCC1. The van der Waals surface area contributed by atoms with Gasteiger partial charge in [-0.1, -0.05) is 32.6 Å². The number of nitrogens with one attached hydrogen (secondary N) is 2. The van der Waals surface area contributed by atoms with E-state index in [-0.39, 0.29) is 5.54 Å². The normalized spacial score (nSPS) is 18.1. The molecule has 0 aliphatic heterocycles. The zero-order chi connectivity index (χ0) is 13.7. The molecule has 19 heavy (non-hydrogen) atoms. The first-order valence-corrected chi connectivity index (χ1v) is 7.48. The maximum Gasteiger partial charge on any atom is 0.135 e. The van der Waals surface area contributed by atoms with E-state index in [0.717, 1.165) is 24.5 Å². The molecule has 0 amide bonds. The van der Waals surface area contributed by atoms with Gasteiger partial charge in [-0.25, -0.2) is 9.97 Å². The van der Waals surface area contributed by atoms with Gasteiger partial charge in [-0.15, -0.1) is 0 Å². The first-order chi connectivity index (χ1) is 9.18. The molecule has 4 heteroatoms. The van der Waals surface area contributed by atoms with Crippen molar-refractivity contribution in [3.8, 4) is 0 Å². The zero-order valence-corrected chi connectivity index (χ0v) is 12.4. The second-order valence-corrected chi connectivity index (χ2v) is 5.80. The van der Waals surface area contributed by atoms with Crippen LogP contribution in [0.4, 0.5) is 11.6 Å². The van der Waals surface area contributed by atoms with Crippen LogP contribution in [0.25, 0.3) is 0 Å². The summed E-state index contributed by atoms with van der Waals surface area (Å²) in [4.78, 5) is 8.81. The standard InChI is InChI=1S/C15H26N4/c1-4-8-12-13(16-3)17-11-18-14(12)19-15(2)9-6-5-7-10-15/h11H,4-10H2,1-3H3,(H2,16,17,18,19). The summed E-state index contributed by atoms with van der Waals surface area (Å²) in [6.07, 6.45) is 10.2. The summed E-state index contributed by atoms with van der Waals surface area (Å²) in [7, 11) is 1.92. The number of rotatable bonds is 5. The Labute approximate surface area is 116 Å². The first-order valence-electron chi connectivity index (χ1n) is 7.48. The van der Waals surface area contributed by atoms with E-state index in [1.165, 1.54) is 37.7 Å². The molecule has 0 radical (unpaired) electrons. The van der Waals surface area contributed by atoms with Crippen LogP contribution in [0.3, 0.4) is 0 Å². The lowest BCUT2D eigenvalue weighted by molar-refractivity contribution is 0.348. The molecule has 1 fully saturated rings. The predicted octanol–water partition coefficient (Wildman–Crippen LogP) is 3.61.